The van der Waals surface area contributed by atoms with Gasteiger partial charge < -0.3 is 20.9 Å². The normalized spacial score (nSPS) is 23.8. The number of nitrogens with two attached hydrogens (primary N) is 1. The third kappa shape index (κ3) is 3.79. The van der Waals surface area contributed by atoms with Crippen LogP contribution in [0.25, 0.3) is 0 Å². The second-order valence-electron chi connectivity index (χ2n) is 4.05. The highest BCUT2D eigenvalue weighted by Gasteiger charge is 2.26. The van der Waals surface area contributed by atoms with Crippen molar-refractivity contribution in [1.29, 1.82) is 0 Å². The summed E-state index contributed by atoms with van der Waals surface area (Å²) in [5, 5.41) is 11.2. The molecule has 0 aromatic rings. The van der Waals surface area contributed by atoms with E-state index >= 15 is 0 Å². The molecule has 1 saturated heterocycles. The summed E-state index contributed by atoms with van der Waals surface area (Å²) < 4.78 is 5.40. The molecule has 0 radical (unpaired) electrons. The van der Waals surface area contributed by atoms with E-state index in [1.54, 1.807) is 0 Å². The zero-order valence-electron chi connectivity index (χ0n) is 9.31. The Morgan fingerprint density at radius 2 is 2.31 bits per heavy atom. The smallest absolute Gasteiger partial charge is 0.305 e. The Kier molecular flexibility index (Phi) is 4.70. The van der Waals surface area contributed by atoms with E-state index in [4.69, 9.17) is 15.6 Å². The second-order valence-corrected chi connectivity index (χ2v) is 4.05. The van der Waals surface area contributed by atoms with Crippen molar-refractivity contribution < 1.29 is 19.4 Å². The lowest BCUT2D eigenvalue weighted by Gasteiger charge is -2.21. The number of amides is 1. The molecule has 16 heavy (non-hydrogen) atoms. The first-order valence-electron chi connectivity index (χ1n) is 5.40. The number of hydrogen-bond donors (Lipinski definition) is 3. The van der Waals surface area contributed by atoms with Crippen LogP contribution in [0.15, 0.2) is 0 Å². The standard InChI is InChI=1S/C10H18N2O4/c1-6(8-3-2-4-16-8)12-10(15)7(11)5-9(13)14/h6-8H,2-5,11H2,1H3,(H,12,15)(H,13,14). The fourth-order valence-electron chi connectivity index (χ4n) is 1.70. The van der Waals surface area contributed by atoms with Crippen LogP contribution in [0.3, 0.4) is 0 Å². The molecule has 0 bridgehead atoms. The van der Waals surface area contributed by atoms with E-state index in [0.717, 1.165) is 12.8 Å². The third-order valence-electron chi connectivity index (χ3n) is 2.62. The lowest BCUT2D eigenvalue weighted by Crippen LogP contribution is -2.48. The number of aliphatic carboxylic acids is 1. The molecule has 1 amide bonds. The summed E-state index contributed by atoms with van der Waals surface area (Å²) in [6, 6.07) is -1.13. The number of carbonyl (C=O) groups excluding carboxylic acids is 1. The van der Waals surface area contributed by atoms with Crippen LogP contribution in [0.2, 0.25) is 0 Å². The Balaban J connectivity index is 2.34. The van der Waals surface area contributed by atoms with Crippen molar-refractivity contribution in [3.63, 3.8) is 0 Å². The van der Waals surface area contributed by atoms with Crippen LogP contribution >= 0.6 is 0 Å². The molecule has 3 atom stereocenters. The molecule has 1 aliphatic rings. The second kappa shape index (κ2) is 5.81. The van der Waals surface area contributed by atoms with Crippen molar-refractivity contribution in [2.24, 2.45) is 5.73 Å². The monoisotopic (exact) mass is 230 g/mol. The first kappa shape index (κ1) is 12.9. The maximum absolute atomic E-state index is 11.5. The van der Waals surface area contributed by atoms with Gasteiger partial charge in [-0.2, -0.15) is 0 Å². The van der Waals surface area contributed by atoms with E-state index in [-0.39, 0.29) is 18.6 Å². The van der Waals surface area contributed by atoms with E-state index in [9.17, 15) is 9.59 Å². The van der Waals surface area contributed by atoms with Crippen molar-refractivity contribution in [3.8, 4) is 0 Å². The van der Waals surface area contributed by atoms with Gasteiger partial charge in [-0.25, -0.2) is 0 Å². The number of carboxylic acid groups (broad SMARTS) is 1. The molecule has 1 heterocycles. The SMILES string of the molecule is CC(NC(=O)C(N)CC(=O)O)C1CCCO1. The molecule has 1 aliphatic heterocycles. The number of rotatable bonds is 5. The summed E-state index contributed by atoms with van der Waals surface area (Å²) in [5.41, 5.74) is 5.43. The summed E-state index contributed by atoms with van der Waals surface area (Å²) in [6.07, 6.45) is 1.56. The number of hydrogen-bond acceptors (Lipinski definition) is 4. The Hall–Kier alpha value is -1.14. The Morgan fingerprint density at radius 1 is 1.62 bits per heavy atom. The van der Waals surface area contributed by atoms with Crippen molar-refractivity contribution in [3.05, 3.63) is 0 Å². The number of carbonyl (C=O) groups is 2. The lowest BCUT2D eigenvalue weighted by molar-refractivity contribution is -0.139. The molecule has 0 spiro atoms. The van der Waals surface area contributed by atoms with E-state index in [2.05, 4.69) is 5.32 Å². The van der Waals surface area contributed by atoms with Gasteiger partial charge in [0.25, 0.3) is 0 Å². The maximum atomic E-state index is 11.5. The van der Waals surface area contributed by atoms with Crippen LogP contribution in [0.1, 0.15) is 26.2 Å². The molecule has 1 rings (SSSR count). The van der Waals surface area contributed by atoms with Crippen LogP contribution in [-0.2, 0) is 14.3 Å². The molecule has 6 nitrogen and oxygen atoms in total. The molecule has 4 N–H and O–H groups in total. The van der Waals surface area contributed by atoms with Crippen molar-refractivity contribution in [2.45, 2.75) is 44.4 Å². The molecule has 0 saturated carbocycles. The first-order chi connectivity index (χ1) is 7.50. The average molecular weight is 230 g/mol. The summed E-state index contributed by atoms with van der Waals surface area (Å²) in [6.45, 7) is 2.55. The van der Waals surface area contributed by atoms with E-state index in [0.29, 0.717) is 6.61 Å². The van der Waals surface area contributed by atoms with E-state index in [1.165, 1.54) is 0 Å². The average Bonchev–Trinajstić information content (AvgIpc) is 2.68. The van der Waals surface area contributed by atoms with Gasteiger partial charge >= 0.3 is 5.97 Å². The fraction of sp³-hybridized carbons (Fsp3) is 0.800. The highest BCUT2D eigenvalue weighted by molar-refractivity contribution is 5.86. The van der Waals surface area contributed by atoms with Crippen LogP contribution in [0, 0.1) is 0 Å². The van der Waals surface area contributed by atoms with Gasteiger partial charge in [0, 0.05) is 6.61 Å². The topological polar surface area (TPSA) is 102 Å². The molecule has 6 heteroatoms. The third-order valence-corrected chi connectivity index (χ3v) is 2.62. The minimum Gasteiger partial charge on any atom is -0.481 e. The molecule has 92 valence electrons. The van der Waals surface area contributed by atoms with E-state index < -0.39 is 17.9 Å². The Labute approximate surface area is 94.1 Å². The molecular formula is C10H18N2O4. The number of nitrogens with one attached hydrogen (secondary N) is 1. The van der Waals surface area contributed by atoms with Crippen LogP contribution in [0.5, 0.6) is 0 Å². The lowest BCUT2D eigenvalue weighted by atomic mass is 10.1. The first-order valence-corrected chi connectivity index (χ1v) is 5.40. The van der Waals surface area contributed by atoms with Gasteiger partial charge in [-0.15, -0.1) is 0 Å². The highest BCUT2D eigenvalue weighted by atomic mass is 16.5. The molecule has 0 aromatic heterocycles. The van der Waals surface area contributed by atoms with Crippen LogP contribution in [0.4, 0.5) is 0 Å². The maximum Gasteiger partial charge on any atom is 0.305 e. The van der Waals surface area contributed by atoms with Gasteiger partial charge in [0.15, 0.2) is 0 Å². The van der Waals surface area contributed by atoms with Crippen LogP contribution in [-0.4, -0.2) is 41.8 Å². The van der Waals surface area contributed by atoms with Gasteiger partial charge in [0.2, 0.25) is 5.91 Å². The van der Waals surface area contributed by atoms with Gasteiger partial charge in [-0.3, -0.25) is 9.59 Å². The fourth-order valence-corrected chi connectivity index (χ4v) is 1.70. The van der Waals surface area contributed by atoms with Gasteiger partial charge in [0.1, 0.15) is 0 Å². The van der Waals surface area contributed by atoms with Crippen molar-refractivity contribution in [1.82, 2.24) is 5.32 Å². The largest absolute Gasteiger partial charge is 0.481 e. The quantitative estimate of drug-likeness (QED) is 0.589. The summed E-state index contributed by atoms with van der Waals surface area (Å²) in [7, 11) is 0. The zero-order valence-corrected chi connectivity index (χ0v) is 9.31. The summed E-state index contributed by atoms with van der Waals surface area (Å²) in [4.78, 5) is 21.9. The van der Waals surface area contributed by atoms with Gasteiger partial charge in [-0.05, 0) is 19.8 Å². The zero-order chi connectivity index (χ0) is 12.1. The Morgan fingerprint density at radius 3 is 2.81 bits per heavy atom. The minimum absolute atomic E-state index is 0.0148. The highest BCUT2D eigenvalue weighted by Crippen LogP contribution is 2.15. The van der Waals surface area contributed by atoms with Gasteiger partial charge in [-0.1, -0.05) is 0 Å². The summed E-state index contributed by atoms with van der Waals surface area (Å²) >= 11 is 0. The Bertz CT molecular complexity index is 264. The number of carboxylic acids is 1. The molecule has 0 aromatic carbocycles. The minimum atomic E-state index is -1.08. The number of ether oxygens (including phenoxy) is 1. The summed E-state index contributed by atoms with van der Waals surface area (Å²) in [5.74, 6) is -1.52. The molecule has 0 aliphatic carbocycles. The predicted molar refractivity (Wildman–Crippen MR) is 56.8 cm³/mol. The van der Waals surface area contributed by atoms with Crippen molar-refractivity contribution in [2.75, 3.05) is 6.61 Å². The molecule has 1 fully saturated rings. The van der Waals surface area contributed by atoms with E-state index in [1.807, 2.05) is 6.92 Å². The van der Waals surface area contributed by atoms with Crippen molar-refractivity contribution >= 4 is 11.9 Å². The molecular weight excluding hydrogens is 212 g/mol. The predicted octanol–water partition coefficient (Wildman–Crippen LogP) is -0.528. The van der Waals surface area contributed by atoms with Crippen LogP contribution < -0.4 is 11.1 Å². The van der Waals surface area contributed by atoms with Gasteiger partial charge in [0.05, 0.1) is 24.6 Å². The molecule has 3 unspecified atom stereocenters.